The van der Waals surface area contributed by atoms with Crippen molar-refractivity contribution < 1.29 is 26.7 Å². The molecule has 7 nitrogen and oxygen atoms in total. The van der Waals surface area contributed by atoms with E-state index >= 15 is 0 Å². The molecule has 0 saturated heterocycles. The third-order valence-corrected chi connectivity index (χ3v) is 6.85. The number of hydrogen-bond acceptors (Lipinski definition) is 5. The fourth-order valence-corrected chi connectivity index (χ4v) is 5.47. The Hall–Kier alpha value is -1.45. The molecule has 110 valence electrons. The highest BCUT2D eigenvalue weighted by Crippen LogP contribution is 2.26. The molecule has 0 radical (unpaired) electrons. The largest absolute Gasteiger partial charge is 0.478 e. The highest BCUT2D eigenvalue weighted by molar-refractivity contribution is 8.06. The lowest BCUT2D eigenvalue weighted by atomic mass is 10.1. The molecule has 1 aromatic carbocycles. The van der Waals surface area contributed by atoms with Crippen molar-refractivity contribution in [3.63, 3.8) is 0 Å². The third kappa shape index (κ3) is 3.17. The normalized spacial score (nSPS) is 16.1. The Balaban J connectivity index is 2.27. The molecule has 0 spiro atoms. The van der Waals surface area contributed by atoms with Crippen LogP contribution in [0.3, 0.4) is 0 Å². The van der Waals surface area contributed by atoms with Gasteiger partial charge in [-0.3, -0.25) is 0 Å². The van der Waals surface area contributed by atoms with Crippen LogP contribution in [0, 0.1) is 0 Å². The van der Waals surface area contributed by atoms with Gasteiger partial charge in [-0.25, -0.2) is 21.6 Å². The minimum absolute atomic E-state index is 0.00565. The number of fused-ring (bicyclic) bond motifs is 1. The van der Waals surface area contributed by atoms with Gasteiger partial charge >= 0.3 is 5.97 Å². The van der Waals surface area contributed by atoms with E-state index in [-0.39, 0.29) is 18.7 Å². The van der Waals surface area contributed by atoms with Crippen molar-refractivity contribution in [2.24, 2.45) is 0 Å². The predicted molar refractivity (Wildman–Crippen MR) is 71.3 cm³/mol. The number of sulfonamides is 1. The fraction of sp³-hybridized carbons (Fsp3) is 0.364. The number of nitrogens with zero attached hydrogens (tertiary/aromatic N) is 1. The van der Waals surface area contributed by atoms with Gasteiger partial charge in [-0.1, -0.05) is 6.07 Å². The minimum Gasteiger partial charge on any atom is -0.478 e. The van der Waals surface area contributed by atoms with Gasteiger partial charge in [-0.2, -0.15) is 4.31 Å². The van der Waals surface area contributed by atoms with E-state index in [1.807, 2.05) is 0 Å². The first-order chi connectivity index (χ1) is 9.08. The van der Waals surface area contributed by atoms with Gasteiger partial charge in [0.05, 0.1) is 5.56 Å². The smallest absolute Gasteiger partial charge is 0.335 e. The molecule has 0 unspecified atom stereocenters. The number of sulfone groups is 1. The van der Waals surface area contributed by atoms with Crippen molar-refractivity contribution in [3.05, 3.63) is 34.9 Å². The summed E-state index contributed by atoms with van der Waals surface area (Å²) in [7, 11) is -7.57. The summed E-state index contributed by atoms with van der Waals surface area (Å²) in [4.78, 5) is 10.9. The molecular formula is C11H13NO6S2. The molecule has 0 bridgehead atoms. The Labute approximate surface area is 116 Å². The van der Waals surface area contributed by atoms with Gasteiger partial charge < -0.3 is 5.11 Å². The standard InChI is InChI=1S/C11H13NO6S2/c1-19(15,16)7-20(17,18)12-5-9-3-2-8(11(13)14)4-10(9)6-12/h2-4H,5-7H2,1H3,(H,13,14). The monoisotopic (exact) mass is 319 g/mol. The average Bonchev–Trinajstić information content (AvgIpc) is 2.68. The van der Waals surface area contributed by atoms with Gasteiger partial charge in [0.25, 0.3) is 0 Å². The molecule has 0 aliphatic carbocycles. The summed E-state index contributed by atoms with van der Waals surface area (Å²) in [6.45, 7) is 0.0569. The maximum absolute atomic E-state index is 12.0. The molecule has 2 rings (SSSR count). The van der Waals surface area contributed by atoms with Crippen molar-refractivity contribution in [2.75, 3.05) is 11.3 Å². The first-order valence-electron chi connectivity index (χ1n) is 5.59. The minimum atomic E-state index is -3.92. The van der Waals surface area contributed by atoms with Crippen molar-refractivity contribution in [1.82, 2.24) is 4.31 Å². The molecule has 0 fully saturated rings. The van der Waals surface area contributed by atoms with Crippen LogP contribution in [-0.2, 0) is 33.0 Å². The molecule has 0 aromatic heterocycles. The molecule has 0 amide bonds. The van der Waals surface area contributed by atoms with Crippen molar-refractivity contribution >= 4 is 25.8 Å². The van der Waals surface area contributed by atoms with Crippen LogP contribution in [0.4, 0.5) is 0 Å². The summed E-state index contributed by atoms with van der Waals surface area (Å²) in [5.41, 5.74) is 1.35. The second kappa shape index (κ2) is 4.83. The molecule has 1 heterocycles. The van der Waals surface area contributed by atoms with E-state index in [0.717, 1.165) is 10.6 Å². The lowest BCUT2D eigenvalue weighted by Gasteiger charge is -2.14. The van der Waals surface area contributed by atoms with Crippen LogP contribution >= 0.6 is 0 Å². The summed E-state index contributed by atoms with van der Waals surface area (Å²) in [5, 5.41) is 7.94. The average molecular weight is 319 g/mol. The first-order valence-corrected chi connectivity index (χ1v) is 9.26. The summed E-state index contributed by atoms with van der Waals surface area (Å²) >= 11 is 0. The predicted octanol–water partition coefficient (Wildman–Crippen LogP) is 0.0323. The van der Waals surface area contributed by atoms with Crippen LogP contribution in [0.25, 0.3) is 0 Å². The molecule has 1 aliphatic heterocycles. The first kappa shape index (κ1) is 14.9. The summed E-state index contributed by atoms with van der Waals surface area (Å²) < 4.78 is 47.3. The van der Waals surface area contributed by atoms with Gasteiger partial charge in [0.1, 0.15) is 0 Å². The van der Waals surface area contributed by atoms with Gasteiger partial charge in [0.15, 0.2) is 14.9 Å². The van der Waals surface area contributed by atoms with E-state index in [1.165, 1.54) is 12.1 Å². The maximum atomic E-state index is 12.0. The van der Waals surface area contributed by atoms with E-state index < -0.39 is 30.9 Å². The van der Waals surface area contributed by atoms with Crippen LogP contribution in [0.5, 0.6) is 0 Å². The van der Waals surface area contributed by atoms with E-state index in [4.69, 9.17) is 5.11 Å². The van der Waals surface area contributed by atoms with Gasteiger partial charge in [0.2, 0.25) is 10.0 Å². The van der Waals surface area contributed by atoms with Crippen LogP contribution in [0.15, 0.2) is 18.2 Å². The number of benzene rings is 1. The van der Waals surface area contributed by atoms with E-state index in [9.17, 15) is 21.6 Å². The van der Waals surface area contributed by atoms with Crippen LogP contribution in [0.2, 0.25) is 0 Å². The highest BCUT2D eigenvalue weighted by Gasteiger charge is 2.32. The number of rotatable bonds is 4. The quantitative estimate of drug-likeness (QED) is 0.839. The van der Waals surface area contributed by atoms with Gasteiger partial charge in [-0.15, -0.1) is 0 Å². The molecule has 1 N–H and O–H groups in total. The maximum Gasteiger partial charge on any atom is 0.335 e. The summed E-state index contributed by atoms with van der Waals surface area (Å²) in [6, 6.07) is 4.36. The number of carbonyl (C=O) groups is 1. The molecular weight excluding hydrogens is 306 g/mol. The zero-order valence-corrected chi connectivity index (χ0v) is 12.2. The van der Waals surface area contributed by atoms with E-state index in [0.29, 0.717) is 11.1 Å². The fourth-order valence-electron chi connectivity index (χ4n) is 2.04. The third-order valence-electron chi connectivity index (χ3n) is 2.90. The number of carboxylic acids is 1. The molecule has 1 aliphatic rings. The van der Waals surface area contributed by atoms with Crippen molar-refractivity contribution in [1.29, 1.82) is 0 Å². The Morgan fingerprint density at radius 2 is 1.80 bits per heavy atom. The summed E-state index contributed by atoms with van der Waals surface area (Å²) in [6.07, 6.45) is 0.857. The molecule has 20 heavy (non-hydrogen) atoms. The topological polar surface area (TPSA) is 109 Å². The second-order valence-electron chi connectivity index (χ2n) is 4.71. The molecule has 0 atom stereocenters. The SMILES string of the molecule is CS(=O)(=O)CS(=O)(=O)N1Cc2ccc(C(=O)O)cc2C1. The van der Waals surface area contributed by atoms with Crippen LogP contribution < -0.4 is 0 Å². The number of hydrogen-bond donors (Lipinski definition) is 1. The highest BCUT2D eigenvalue weighted by atomic mass is 32.3. The zero-order valence-electron chi connectivity index (χ0n) is 10.6. The Morgan fingerprint density at radius 3 is 2.35 bits per heavy atom. The van der Waals surface area contributed by atoms with Gasteiger partial charge in [0, 0.05) is 19.3 Å². The van der Waals surface area contributed by atoms with Crippen LogP contribution in [0.1, 0.15) is 21.5 Å². The van der Waals surface area contributed by atoms with E-state index in [2.05, 4.69) is 0 Å². The Kier molecular flexibility index (Phi) is 3.61. The molecule has 1 aromatic rings. The Bertz CT molecular complexity index is 766. The van der Waals surface area contributed by atoms with E-state index in [1.54, 1.807) is 6.07 Å². The van der Waals surface area contributed by atoms with Crippen molar-refractivity contribution in [3.8, 4) is 0 Å². The van der Waals surface area contributed by atoms with Crippen molar-refractivity contribution in [2.45, 2.75) is 13.1 Å². The summed E-state index contributed by atoms with van der Waals surface area (Å²) in [5.74, 6) is -1.09. The lowest BCUT2D eigenvalue weighted by molar-refractivity contribution is 0.0696. The Morgan fingerprint density at radius 1 is 1.20 bits per heavy atom. The molecule has 9 heteroatoms. The van der Waals surface area contributed by atoms with Gasteiger partial charge in [-0.05, 0) is 23.3 Å². The van der Waals surface area contributed by atoms with Crippen LogP contribution in [-0.4, -0.2) is 43.6 Å². The molecule has 0 saturated carbocycles. The second-order valence-corrected chi connectivity index (χ2v) is 9.19. The zero-order chi connectivity index (χ0) is 15.1. The lowest BCUT2D eigenvalue weighted by Crippen LogP contribution is -2.31. The number of carboxylic acid groups (broad SMARTS) is 1. The number of aromatic carboxylic acids is 1.